The van der Waals surface area contributed by atoms with Gasteiger partial charge >= 0.3 is 0 Å². The summed E-state index contributed by atoms with van der Waals surface area (Å²) in [7, 11) is 2.19. The van der Waals surface area contributed by atoms with Crippen LogP contribution in [0.3, 0.4) is 0 Å². The topological polar surface area (TPSA) is 41.1 Å². The second-order valence-corrected chi connectivity index (χ2v) is 6.91. The SMILES string of the molecule is CC(C)c1c(Cl)ncnc1NCC1(C)CCN(C)CC1. The first-order chi connectivity index (χ1) is 9.41. The van der Waals surface area contributed by atoms with Gasteiger partial charge in [0.25, 0.3) is 0 Å². The minimum absolute atomic E-state index is 0.316. The Bertz CT molecular complexity index is 453. The summed E-state index contributed by atoms with van der Waals surface area (Å²) >= 11 is 6.20. The van der Waals surface area contributed by atoms with Crippen LogP contribution in [-0.4, -0.2) is 41.5 Å². The largest absolute Gasteiger partial charge is 0.369 e. The maximum Gasteiger partial charge on any atom is 0.138 e. The minimum Gasteiger partial charge on any atom is -0.369 e. The number of aromatic nitrogens is 2. The zero-order valence-corrected chi connectivity index (χ0v) is 13.7. The quantitative estimate of drug-likeness (QED) is 0.865. The van der Waals surface area contributed by atoms with Crippen LogP contribution >= 0.6 is 11.6 Å². The number of halogens is 1. The van der Waals surface area contributed by atoms with E-state index >= 15 is 0 Å². The van der Waals surface area contributed by atoms with E-state index in [1.807, 2.05) is 0 Å². The van der Waals surface area contributed by atoms with Gasteiger partial charge in [0.15, 0.2) is 0 Å². The van der Waals surface area contributed by atoms with Gasteiger partial charge in [-0.2, -0.15) is 0 Å². The highest BCUT2D eigenvalue weighted by atomic mass is 35.5. The average molecular weight is 297 g/mol. The van der Waals surface area contributed by atoms with Crippen LogP contribution in [0.2, 0.25) is 5.15 Å². The maximum absolute atomic E-state index is 6.20. The predicted octanol–water partition coefficient (Wildman–Crippen LogP) is 3.40. The number of anilines is 1. The fourth-order valence-corrected chi connectivity index (χ4v) is 3.01. The molecule has 1 N–H and O–H groups in total. The van der Waals surface area contributed by atoms with Crippen molar-refractivity contribution in [3.63, 3.8) is 0 Å². The van der Waals surface area contributed by atoms with Crippen LogP contribution in [0.15, 0.2) is 6.33 Å². The second-order valence-electron chi connectivity index (χ2n) is 6.55. The van der Waals surface area contributed by atoms with Crippen LogP contribution in [0.4, 0.5) is 5.82 Å². The van der Waals surface area contributed by atoms with Crippen molar-refractivity contribution in [3.8, 4) is 0 Å². The summed E-state index contributed by atoms with van der Waals surface area (Å²) in [5.41, 5.74) is 1.35. The van der Waals surface area contributed by atoms with E-state index in [0.717, 1.165) is 17.9 Å². The molecule has 2 heterocycles. The molecule has 0 amide bonds. The summed E-state index contributed by atoms with van der Waals surface area (Å²) in [6, 6.07) is 0. The van der Waals surface area contributed by atoms with Crippen molar-refractivity contribution < 1.29 is 0 Å². The number of nitrogens with one attached hydrogen (secondary N) is 1. The number of nitrogens with zero attached hydrogens (tertiary/aromatic N) is 3. The summed E-state index contributed by atoms with van der Waals surface area (Å²) in [4.78, 5) is 10.9. The van der Waals surface area contributed by atoms with E-state index in [1.54, 1.807) is 0 Å². The van der Waals surface area contributed by atoms with Crippen molar-refractivity contribution in [1.29, 1.82) is 0 Å². The zero-order chi connectivity index (χ0) is 14.8. The zero-order valence-electron chi connectivity index (χ0n) is 12.9. The van der Waals surface area contributed by atoms with Gasteiger partial charge in [0.2, 0.25) is 0 Å². The Morgan fingerprint density at radius 1 is 1.35 bits per heavy atom. The monoisotopic (exact) mass is 296 g/mol. The van der Waals surface area contributed by atoms with Gasteiger partial charge in [-0.1, -0.05) is 32.4 Å². The average Bonchev–Trinajstić information content (AvgIpc) is 2.40. The Hall–Kier alpha value is -0.870. The summed E-state index contributed by atoms with van der Waals surface area (Å²) in [5, 5.41) is 4.07. The molecule has 5 heteroatoms. The van der Waals surface area contributed by atoms with Gasteiger partial charge in [0.05, 0.1) is 0 Å². The van der Waals surface area contributed by atoms with Crippen molar-refractivity contribution in [2.75, 3.05) is 32.0 Å². The van der Waals surface area contributed by atoms with Crippen LogP contribution in [0.25, 0.3) is 0 Å². The number of piperidine rings is 1. The highest BCUT2D eigenvalue weighted by Gasteiger charge is 2.29. The molecule has 1 aromatic rings. The Labute approximate surface area is 126 Å². The summed E-state index contributed by atoms with van der Waals surface area (Å²) in [5.74, 6) is 1.21. The van der Waals surface area contributed by atoms with Crippen molar-refractivity contribution >= 4 is 17.4 Å². The smallest absolute Gasteiger partial charge is 0.138 e. The van der Waals surface area contributed by atoms with E-state index in [2.05, 4.69) is 48.0 Å². The van der Waals surface area contributed by atoms with E-state index in [4.69, 9.17) is 11.6 Å². The molecule has 1 fully saturated rings. The third-order valence-electron chi connectivity index (χ3n) is 4.29. The summed E-state index contributed by atoms with van der Waals surface area (Å²) in [6.45, 7) is 9.86. The van der Waals surface area contributed by atoms with E-state index in [-0.39, 0.29) is 0 Å². The van der Waals surface area contributed by atoms with Gasteiger partial charge in [-0.05, 0) is 44.3 Å². The molecular formula is C15H25ClN4. The van der Waals surface area contributed by atoms with E-state index < -0.39 is 0 Å². The fraction of sp³-hybridized carbons (Fsp3) is 0.733. The van der Waals surface area contributed by atoms with Crippen molar-refractivity contribution in [2.24, 2.45) is 5.41 Å². The molecule has 0 saturated carbocycles. The summed E-state index contributed by atoms with van der Waals surface area (Å²) in [6.07, 6.45) is 3.96. The number of hydrogen-bond donors (Lipinski definition) is 1. The van der Waals surface area contributed by atoms with Gasteiger partial charge in [0.1, 0.15) is 17.3 Å². The molecule has 20 heavy (non-hydrogen) atoms. The van der Waals surface area contributed by atoms with Crippen molar-refractivity contribution in [2.45, 2.75) is 39.5 Å². The number of likely N-dealkylation sites (tertiary alicyclic amines) is 1. The number of rotatable bonds is 4. The van der Waals surface area contributed by atoms with Gasteiger partial charge in [-0.25, -0.2) is 9.97 Å². The second kappa shape index (κ2) is 6.27. The third-order valence-corrected chi connectivity index (χ3v) is 4.59. The first kappa shape index (κ1) is 15.5. The molecule has 4 nitrogen and oxygen atoms in total. The Morgan fingerprint density at radius 3 is 2.60 bits per heavy atom. The first-order valence-corrected chi connectivity index (χ1v) is 7.72. The molecular weight excluding hydrogens is 272 g/mol. The Balaban J connectivity index is 2.06. The fourth-order valence-electron chi connectivity index (χ4n) is 2.66. The first-order valence-electron chi connectivity index (χ1n) is 7.34. The van der Waals surface area contributed by atoms with E-state index in [0.29, 0.717) is 16.5 Å². The van der Waals surface area contributed by atoms with Crippen LogP contribution < -0.4 is 5.32 Å². The predicted molar refractivity (Wildman–Crippen MR) is 84.5 cm³/mol. The molecule has 1 aliphatic heterocycles. The lowest BCUT2D eigenvalue weighted by Crippen LogP contribution is -2.40. The van der Waals surface area contributed by atoms with E-state index in [1.165, 1.54) is 32.3 Å². The molecule has 0 spiro atoms. The normalized spacial score (nSPS) is 19.3. The molecule has 0 aliphatic carbocycles. The molecule has 112 valence electrons. The lowest BCUT2D eigenvalue weighted by Gasteiger charge is -2.38. The molecule has 1 aliphatic rings. The maximum atomic E-state index is 6.20. The highest BCUT2D eigenvalue weighted by Crippen LogP contribution is 2.32. The third kappa shape index (κ3) is 3.61. The minimum atomic E-state index is 0.316. The van der Waals surface area contributed by atoms with Crippen LogP contribution in [0.5, 0.6) is 0 Å². The molecule has 0 radical (unpaired) electrons. The molecule has 1 aromatic heterocycles. The summed E-state index contributed by atoms with van der Waals surface area (Å²) < 4.78 is 0. The molecule has 0 unspecified atom stereocenters. The molecule has 0 aromatic carbocycles. The van der Waals surface area contributed by atoms with E-state index in [9.17, 15) is 0 Å². The van der Waals surface area contributed by atoms with Crippen molar-refractivity contribution in [3.05, 3.63) is 17.0 Å². The standard InChI is InChI=1S/C15H25ClN4/c1-11(2)12-13(16)18-10-19-14(12)17-9-15(3)5-7-20(4)8-6-15/h10-11H,5-9H2,1-4H3,(H,17,18,19). The van der Waals surface area contributed by atoms with Crippen LogP contribution in [-0.2, 0) is 0 Å². The van der Waals surface area contributed by atoms with Gasteiger partial charge in [0, 0.05) is 12.1 Å². The van der Waals surface area contributed by atoms with Gasteiger partial charge < -0.3 is 10.2 Å². The van der Waals surface area contributed by atoms with Crippen LogP contribution in [0, 0.1) is 5.41 Å². The molecule has 2 rings (SSSR count). The van der Waals surface area contributed by atoms with Gasteiger partial charge in [-0.15, -0.1) is 0 Å². The Morgan fingerprint density at radius 2 is 2.00 bits per heavy atom. The molecule has 1 saturated heterocycles. The van der Waals surface area contributed by atoms with Crippen molar-refractivity contribution in [1.82, 2.24) is 14.9 Å². The Kier molecular flexibility index (Phi) is 4.86. The van der Waals surface area contributed by atoms with Gasteiger partial charge in [-0.3, -0.25) is 0 Å². The number of hydrogen-bond acceptors (Lipinski definition) is 4. The van der Waals surface area contributed by atoms with Crippen LogP contribution in [0.1, 0.15) is 45.1 Å². The lowest BCUT2D eigenvalue weighted by atomic mass is 9.80. The lowest BCUT2D eigenvalue weighted by molar-refractivity contribution is 0.150. The molecule has 0 atom stereocenters. The molecule has 0 bridgehead atoms. The highest BCUT2D eigenvalue weighted by molar-refractivity contribution is 6.30.